The molecule has 5 heteroatoms. The summed E-state index contributed by atoms with van der Waals surface area (Å²) in [7, 11) is 1.60. The summed E-state index contributed by atoms with van der Waals surface area (Å²) in [5.41, 5.74) is 6.46. The van der Waals surface area contributed by atoms with Gasteiger partial charge in [-0.05, 0) is 15.9 Å². The first-order valence-electron chi connectivity index (χ1n) is 4.13. The number of nitrogens with two attached hydrogens (primary N) is 1. The minimum atomic E-state index is 0.238. The number of benzene rings is 1. The van der Waals surface area contributed by atoms with Gasteiger partial charge in [0, 0.05) is 12.6 Å². The van der Waals surface area contributed by atoms with Gasteiger partial charge in [0.05, 0.1) is 17.1 Å². The molecule has 0 radical (unpaired) electrons. The first-order chi connectivity index (χ1) is 6.77. The quantitative estimate of drug-likeness (QED) is 0.878. The highest BCUT2D eigenvalue weighted by Crippen LogP contribution is 2.44. The van der Waals surface area contributed by atoms with Crippen molar-refractivity contribution in [3.63, 3.8) is 0 Å². The lowest BCUT2D eigenvalue weighted by Crippen LogP contribution is -2.02. The number of halogens is 1. The Labute approximate surface area is 90.1 Å². The fourth-order valence-corrected chi connectivity index (χ4v) is 2.07. The zero-order valence-electron chi connectivity index (χ0n) is 7.67. The van der Waals surface area contributed by atoms with Crippen LogP contribution in [0.2, 0.25) is 0 Å². The predicted molar refractivity (Wildman–Crippen MR) is 54.7 cm³/mol. The maximum atomic E-state index is 5.63. The van der Waals surface area contributed by atoms with E-state index in [9.17, 15) is 0 Å². The summed E-state index contributed by atoms with van der Waals surface area (Å²) in [4.78, 5) is 0. The third-order valence-electron chi connectivity index (χ3n) is 2.07. The van der Waals surface area contributed by atoms with Crippen LogP contribution in [0.25, 0.3) is 0 Å². The predicted octanol–water partition coefficient (Wildman–Crippen LogP) is 1.65. The van der Waals surface area contributed by atoms with Crippen LogP contribution in [0.1, 0.15) is 5.56 Å². The zero-order valence-corrected chi connectivity index (χ0v) is 9.26. The second-order valence-electron chi connectivity index (χ2n) is 2.81. The lowest BCUT2D eigenvalue weighted by molar-refractivity contribution is 0.173. The standard InChI is InChI=1S/C9H10BrNO3/c1-12-8-5(3-11)9-7(2-6(8)10)13-4-14-9/h2H,3-4,11H2,1H3. The van der Waals surface area contributed by atoms with Gasteiger partial charge >= 0.3 is 0 Å². The van der Waals surface area contributed by atoms with E-state index in [0.717, 1.165) is 10.0 Å². The van der Waals surface area contributed by atoms with Crippen LogP contribution in [0.4, 0.5) is 0 Å². The molecule has 0 amide bonds. The largest absolute Gasteiger partial charge is 0.495 e. The fraction of sp³-hybridized carbons (Fsp3) is 0.333. The Morgan fingerprint density at radius 1 is 1.57 bits per heavy atom. The summed E-state index contributed by atoms with van der Waals surface area (Å²) in [6.45, 7) is 0.593. The second-order valence-corrected chi connectivity index (χ2v) is 3.66. The van der Waals surface area contributed by atoms with Crippen LogP contribution >= 0.6 is 15.9 Å². The Morgan fingerprint density at radius 3 is 3.00 bits per heavy atom. The molecule has 1 heterocycles. The normalized spacial score (nSPS) is 13.1. The molecule has 0 atom stereocenters. The van der Waals surface area contributed by atoms with Gasteiger partial charge in [0.15, 0.2) is 11.5 Å². The Hall–Kier alpha value is -0.940. The number of fused-ring (bicyclic) bond motifs is 1. The van der Waals surface area contributed by atoms with Crippen molar-refractivity contribution in [3.05, 3.63) is 16.1 Å². The highest BCUT2D eigenvalue weighted by molar-refractivity contribution is 9.10. The monoisotopic (exact) mass is 259 g/mol. The number of methoxy groups -OCH3 is 1. The summed E-state index contributed by atoms with van der Waals surface area (Å²) < 4.78 is 16.6. The molecule has 0 saturated carbocycles. The number of hydrogen-bond donors (Lipinski definition) is 1. The van der Waals surface area contributed by atoms with Crippen molar-refractivity contribution in [3.8, 4) is 17.2 Å². The summed E-state index contributed by atoms with van der Waals surface area (Å²) in [5, 5.41) is 0. The highest BCUT2D eigenvalue weighted by atomic mass is 79.9. The molecule has 1 aliphatic heterocycles. The lowest BCUT2D eigenvalue weighted by atomic mass is 10.1. The molecule has 0 aliphatic carbocycles. The molecular formula is C9H10BrNO3. The van der Waals surface area contributed by atoms with Gasteiger partial charge in [-0.3, -0.25) is 0 Å². The number of ether oxygens (including phenoxy) is 3. The van der Waals surface area contributed by atoms with Crippen molar-refractivity contribution >= 4 is 15.9 Å². The molecule has 2 rings (SSSR count). The minimum absolute atomic E-state index is 0.238. The molecular weight excluding hydrogens is 250 g/mol. The SMILES string of the molecule is COc1c(Br)cc2c(c1CN)OCO2. The van der Waals surface area contributed by atoms with Crippen LogP contribution in [-0.4, -0.2) is 13.9 Å². The molecule has 0 bridgehead atoms. The zero-order chi connectivity index (χ0) is 10.1. The third-order valence-corrected chi connectivity index (χ3v) is 2.66. The number of rotatable bonds is 2. The van der Waals surface area contributed by atoms with Gasteiger partial charge in [-0.15, -0.1) is 0 Å². The van der Waals surface area contributed by atoms with Crippen molar-refractivity contribution in [1.82, 2.24) is 0 Å². The van der Waals surface area contributed by atoms with E-state index >= 15 is 0 Å². The van der Waals surface area contributed by atoms with E-state index in [2.05, 4.69) is 15.9 Å². The van der Waals surface area contributed by atoms with Gasteiger partial charge in [0.2, 0.25) is 6.79 Å². The van der Waals surface area contributed by atoms with Gasteiger partial charge in [-0.25, -0.2) is 0 Å². The van der Waals surface area contributed by atoms with E-state index in [4.69, 9.17) is 19.9 Å². The molecule has 0 saturated heterocycles. The van der Waals surface area contributed by atoms with Crippen LogP contribution < -0.4 is 19.9 Å². The first kappa shape index (κ1) is 9.61. The van der Waals surface area contributed by atoms with Gasteiger partial charge in [0.25, 0.3) is 0 Å². The van der Waals surface area contributed by atoms with E-state index in [1.165, 1.54) is 0 Å². The van der Waals surface area contributed by atoms with E-state index < -0.39 is 0 Å². The summed E-state index contributed by atoms with van der Waals surface area (Å²) in [5.74, 6) is 2.10. The summed E-state index contributed by atoms with van der Waals surface area (Å²) in [6.07, 6.45) is 0. The van der Waals surface area contributed by atoms with Crippen LogP contribution in [0.15, 0.2) is 10.5 Å². The highest BCUT2D eigenvalue weighted by Gasteiger charge is 2.23. The Kier molecular flexibility index (Phi) is 2.52. The van der Waals surface area contributed by atoms with Gasteiger partial charge < -0.3 is 19.9 Å². The van der Waals surface area contributed by atoms with E-state index in [1.807, 2.05) is 6.07 Å². The summed E-state index contributed by atoms with van der Waals surface area (Å²) >= 11 is 3.39. The molecule has 14 heavy (non-hydrogen) atoms. The van der Waals surface area contributed by atoms with Crippen molar-refractivity contribution in [1.29, 1.82) is 0 Å². The molecule has 1 aromatic rings. The maximum absolute atomic E-state index is 5.63. The maximum Gasteiger partial charge on any atom is 0.231 e. The Bertz CT molecular complexity index is 364. The molecule has 4 nitrogen and oxygen atoms in total. The average molecular weight is 260 g/mol. The smallest absolute Gasteiger partial charge is 0.231 e. The second kappa shape index (κ2) is 3.67. The van der Waals surface area contributed by atoms with Gasteiger partial charge in [0.1, 0.15) is 5.75 Å². The van der Waals surface area contributed by atoms with Gasteiger partial charge in [-0.2, -0.15) is 0 Å². The van der Waals surface area contributed by atoms with Gasteiger partial charge in [-0.1, -0.05) is 0 Å². The molecule has 0 fully saturated rings. The number of hydrogen-bond acceptors (Lipinski definition) is 4. The lowest BCUT2D eigenvalue weighted by Gasteiger charge is -2.11. The first-order valence-corrected chi connectivity index (χ1v) is 4.92. The van der Waals surface area contributed by atoms with E-state index in [1.54, 1.807) is 7.11 Å². The topological polar surface area (TPSA) is 53.7 Å². The molecule has 0 spiro atoms. The third kappa shape index (κ3) is 1.33. The molecule has 0 unspecified atom stereocenters. The average Bonchev–Trinajstić information content (AvgIpc) is 2.62. The molecule has 1 aliphatic rings. The Balaban J connectivity index is 2.62. The fourth-order valence-electron chi connectivity index (χ4n) is 1.47. The van der Waals surface area contributed by atoms with Crippen molar-refractivity contribution < 1.29 is 14.2 Å². The summed E-state index contributed by atoms with van der Waals surface area (Å²) in [6, 6.07) is 1.82. The van der Waals surface area contributed by atoms with Crippen LogP contribution in [0.5, 0.6) is 17.2 Å². The molecule has 76 valence electrons. The van der Waals surface area contributed by atoms with Crippen molar-refractivity contribution in [2.45, 2.75) is 6.54 Å². The molecule has 1 aromatic carbocycles. The van der Waals surface area contributed by atoms with Crippen LogP contribution in [0.3, 0.4) is 0 Å². The molecule has 0 aromatic heterocycles. The van der Waals surface area contributed by atoms with Crippen LogP contribution in [0, 0.1) is 0 Å². The van der Waals surface area contributed by atoms with Crippen molar-refractivity contribution in [2.75, 3.05) is 13.9 Å². The van der Waals surface area contributed by atoms with E-state index in [-0.39, 0.29) is 6.79 Å². The van der Waals surface area contributed by atoms with Crippen molar-refractivity contribution in [2.24, 2.45) is 5.73 Å². The van der Waals surface area contributed by atoms with Crippen LogP contribution in [-0.2, 0) is 6.54 Å². The Morgan fingerprint density at radius 2 is 2.36 bits per heavy atom. The molecule has 2 N–H and O–H groups in total. The van der Waals surface area contributed by atoms with E-state index in [0.29, 0.717) is 23.8 Å². The minimum Gasteiger partial charge on any atom is -0.495 e.